The summed E-state index contributed by atoms with van der Waals surface area (Å²) >= 11 is 0. The molecule has 3 rings (SSSR count). The second-order valence-electron chi connectivity index (χ2n) is 5.68. The second-order valence-corrected chi connectivity index (χ2v) is 5.68. The average Bonchev–Trinajstić information content (AvgIpc) is 2.65. The van der Waals surface area contributed by atoms with Crippen LogP contribution in [0.15, 0.2) is 60.9 Å². The molecule has 0 aliphatic carbocycles. The SMILES string of the molecule is O=C(Nc1ccccc1C(F)(F)F)c1cncc(Nc2c(F)cccc2F)c1. The van der Waals surface area contributed by atoms with E-state index in [9.17, 15) is 26.7 Å². The van der Waals surface area contributed by atoms with Gasteiger partial charge in [-0.25, -0.2) is 8.78 Å². The van der Waals surface area contributed by atoms with Gasteiger partial charge in [-0.1, -0.05) is 18.2 Å². The van der Waals surface area contributed by atoms with E-state index in [1.807, 2.05) is 0 Å². The Hall–Kier alpha value is -3.49. The summed E-state index contributed by atoms with van der Waals surface area (Å²) in [7, 11) is 0. The number of alkyl halides is 3. The van der Waals surface area contributed by atoms with E-state index in [0.29, 0.717) is 0 Å². The molecule has 0 saturated carbocycles. The van der Waals surface area contributed by atoms with Crippen molar-refractivity contribution < 1.29 is 26.7 Å². The minimum Gasteiger partial charge on any atom is -0.349 e. The Morgan fingerprint density at radius 2 is 1.61 bits per heavy atom. The van der Waals surface area contributed by atoms with E-state index in [0.717, 1.165) is 30.5 Å². The van der Waals surface area contributed by atoms with Gasteiger partial charge < -0.3 is 10.6 Å². The molecule has 0 aliphatic heterocycles. The monoisotopic (exact) mass is 393 g/mol. The molecule has 0 aliphatic rings. The molecule has 2 N–H and O–H groups in total. The van der Waals surface area contributed by atoms with Crippen LogP contribution in [0.25, 0.3) is 0 Å². The largest absolute Gasteiger partial charge is 0.418 e. The molecule has 1 aromatic heterocycles. The van der Waals surface area contributed by atoms with Gasteiger partial charge in [0.1, 0.15) is 17.3 Å². The summed E-state index contributed by atoms with van der Waals surface area (Å²) in [6.07, 6.45) is -2.31. The molecular formula is C19H12F5N3O. The Bertz CT molecular complexity index is 1000. The molecule has 0 fully saturated rings. The number of carbonyl (C=O) groups excluding carboxylic acids is 1. The third kappa shape index (κ3) is 4.25. The summed E-state index contributed by atoms with van der Waals surface area (Å²) in [4.78, 5) is 16.1. The van der Waals surface area contributed by atoms with Crippen molar-refractivity contribution in [3.8, 4) is 0 Å². The van der Waals surface area contributed by atoms with Gasteiger partial charge in [-0.15, -0.1) is 0 Å². The lowest BCUT2D eigenvalue weighted by Crippen LogP contribution is -2.17. The van der Waals surface area contributed by atoms with Gasteiger partial charge in [0.15, 0.2) is 0 Å². The van der Waals surface area contributed by atoms with Gasteiger partial charge in [0.2, 0.25) is 0 Å². The fraction of sp³-hybridized carbons (Fsp3) is 0.0526. The number of para-hydroxylation sites is 2. The quantitative estimate of drug-likeness (QED) is 0.586. The number of pyridine rings is 1. The molecule has 9 heteroatoms. The molecule has 1 amide bonds. The second kappa shape index (κ2) is 7.63. The van der Waals surface area contributed by atoms with Crippen LogP contribution in [0.3, 0.4) is 0 Å². The smallest absolute Gasteiger partial charge is 0.349 e. The van der Waals surface area contributed by atoms with Gasteiger partial charge in [0, 0.05) is 6.20 Å². The zero-order chi connectivity index (χ0) is 20.3. The molecule has 0 atom stereocenters. The van der Waals surface area contributed by atoms with Crippen LogP contribution in [0.1, 0.15) is 15.9 Å². The van der Waals surface area contributed by atoms with Gasteiger partial charge in [-0.2, -0.15) is 13.2 Å². The summed E-state index contributed by atoms with van der Waals surface area (Å²) in [5, 5.41) is 4.64. The number of hydrogen-bond donors (Lipinski definition) is 2. The first-order valence-electron chi connectivity index (χ1n) is 7.89. The number of benzene rings is 2. The number of nitrogens with zero attached hydrogens (tertiary/aromatic N) is 1. The topological polar surface area (TPSA) is 54.0 Å². The van der Waals surface area contributed by atoms with Crippen molar-refractivity contribution in [2.24, 2.45) is 0 Å². The van der Waals surface area contributed by atoms with E-state index in [4.69, 9.17) is 0 Å². The standard InChI is InChI=1S/C19H12F5N3O/c20-14-5-3-6-15(21)17(14)26-12-8-11(9-25-10-12)18(28)27-16-7-2-1-4-13(16)19(22,23)24/h1-10,26H,(H,27,28). The Morgan fingerprint density at radius 3 is 2.29 bits per heavy atom. The lowest BCUT2D eigenvalue weighted by atomic mass is 10.1. The van der Waals surface area contributed by atoms with Crippen LogP contribution < -0.4 is 10.6 Å². The molecule has 28 heavy (non-hydrogen) atoms. The van der Waals surface area contributed by atoms with Crippen molar-refractivity contribution in [1.29, 1.82) is 0 Å². The molecule has 0 spiro atoms. The Kier molecular flexibility index (Phi) is 5.25. The number of amides is 1. The number of halogens is 5. The number of aromatic nitrogens is 1. The first-order chi connectivity index (χ1) is 13.3. The number of rotatable bonds is 4. The van der Waals surface area contributed by atoms with Crippen molar-refractivity contribution in [3.05, 3.63) is 83.7 Å². The summed E-state index contributed by atoms with van der Waals surface area (Å²) in [5.41, 5.74) is -1.87. The summed E-state index contributed by atoms with van der Waals surface area (Å²) in [6.45, 7) is 0. The minimum atomic E-state index is -4.64. The molecule has 144 valence electrons. The van der Waals surface area contributed by atoms with Crippen molar-refractivity contribution in [3.63, 3.8) is 0 Å². The predicted molar refractivity (Wildman–Crippen MR) is 93.3 cm³/mol. The maximum atomic E-state index is 13.7. The first kappa shape index (κ1) is 19.3. The van der Waals surface area contributed by atoms with Crippen molar-refractivity contribution >= 4 is 23.0 Å². The van der Waals surface area contributed by atoms with Crippen LogP contribution in [0.4, 0.5) is 39.0 Å². The van der Waals surface area contributed by atoms with E-state index in [2.05, 4.69) is 15.6 Å². The highest BCUT2D eigenvalue weighted by Crippen LogP contribution is 2.34. The molecule has 0 unspecified atom stereocenters. The zero-order valence-corrected chi connectivity index (χ0v) is 14.0. The van der Waals surface area contributed by atoms with E-state index < -0.39 is 40.7 Å². The summed E-state index contributed by atoms with van der Waals surface area (Å²) < 4.78 is 66.6. The van der Waals surface area contributed by atoms with Crippen LogP contribution >= 0.6 is 0 Å². The molecule has 0 saturated heterocycles. The fourth-order valence-electron chi connectivity index (χ4n) is 2.43. The molecule has 0 bridgehead atoms. The first-order valence-corrected chi connectivity index (χ1v) is 7.89. The van der Waals surface area contributed by atoms with Gasteiger partial charge in [-0.3, -0.25) is 9.78 Å². The van der Waals surface area contributed by atoms with Gasteiger partial charge in [-0.05, 0) is 30.3 Å². The fourth-order valence-corrected chi connectivity index (χ4v) is 2.43. The van der Waals surface area contributed by atoms with E-state index in [-0.39, 0.29) is 11.3 Å². The highest BCUT2D eigenvalue weighted by molar-refractivity contribution is 6.05. The molecular weight excluding hydrogens is 381 g/mol. The number of carbonyl (C=O) groups is 1. The maximum absolute atomic E-state index is 13.7. The van der Waals surface area contributed by atoms with Gasteiger partial charge >= 0.3 is 6.18 Å². The highest BCUT2D eigenvalue weighted by Gasteiger charge is 2.33. The Morgan fingerprint density at radius 1 is 0.929 bits per heavy atom. The average molecular weight is 393 g/mol. The third-order valence-electron chi connectivity index (χ3n) is 3.71. The zero-order valence-electron chi connectivity index (χ0n) is 14.0. The van der Waals surface area contributed by atoms with Crippen molar-refractivity contribution in [1.82, 2.24) is 4.98 Å². The number of anilines is 3. The Labute approximate surface area is 156 Å². The van der Waals surface area contributed by atoms with E-state index in [1.165, 1.54) is 30.5 Å². The molecule has 4 nitrogen and oxygen atoms in total. The molecule has 0 radical (unpaired) electrons. The van der Waals surface area contributed by atoms with Crippen molar-refractivity contribution in [2.75, 3.05) is 10.6 Å². The normalized spacial score (nSPS) is 11.2. The lowest BCUT2D eigenvalue weighted by molar-refractivity contribution is -0.136. The molecule has 2 aromatic carbocycles. The number of nitrogens with one attached hydrogen (secondary N) is 2. The maximum Gasteiger partial charge on any atom is 0.418 e. The third-order valence-corrected chi connectivity index (χ3v) is 3.71. The van der Waals surface area contributed by atoms with Gasteiger partial charge in [0.25, 0.3) is 5.91 Å². The Balaban J connectivity index is 1.84. The van der Waals surface area contributed by atoms with Crippen LogP contribution in [0.2, 0.25) is 0 Å². The predicted octanol–water partition coefficient (Wildman–Crippen LogP) is 5.37. The summed E-state index contributed by atoms with van der Waals surface area (Å²) in [5.74, 6) is -2.57. The van der Waals surface area contributed by atoms with E-state index in [1.54, 1.807) is 0 Å². The lowest BCUT2D eigenvalue weighted by Gasteiger charge is -2.14. The van der Waals surface area contributed by atoms with Crippen LogP contribution in [0.5, 0.6) is 0 Å². The summed E-state index contributed by atoms with van der Waals surface area (Å²) in [6, 6.07) is 9.00. The van der Waals surface area contributed by atoms with E-state index >= 15 is 0 Å². The number of hydrogen-bond acceptors (Lipinski definition) is 3. The van der Waals surface area contributed by atoms with Crippen LogP contribution in [-0.4, -0.2) is 10.9 Å². The van der Waals surface area contributed by atoms with Crippen molar-refractivity contribution in [2.45, 2.75) is 6.18 Å². The van der Waals surface area contributed by atoms with Crippen LogP contribution in [-0.2, 0) is 6.18 Å². The minimum absolute atomic E-state index is 0.0840. The van der Waals surface area contributed by atoms with Gasteiger partial charge in [0.05, 0.1) is 28.7 Å². The molecule has 3 aromatic rings. The highest BCUT2D eigenvalue weighted by atomic mass is 19.4. The molecule has 1 heterocycles. The van der Waals surface area contributed by atoms with Crippen LogP contribution in [0, 0.1) is 11.6 Å².